The normalized spacial score (nSPS) is 10.8. The predicted octanol–water partition coefficient (Wildman–Crippen LogP) is 2.90. The van der Waals surface area contributed by atoms with Crippen molar-refractivity contribution in [2.24, 2.45) is 0 Å². The van der Waals surface area contributed by atoms with Gasteiger partial charge in [0.2, 0.25) is 5.82 Å². The summed E-state index contributed by atoms with van der Waals surface area (Å²) in [5.41, 5.74) is 1.32. The lowest BCUT2D eigenvalue weighted by atomic mass is 10.1. The second kappa shape index (κ2) is 4.78. The van der Waals surface area contributed by atoms with Gasteiger partial charge in [-0.2, -0.15) is 0 Å². The highest BCUT2D eigenvalue weighted by atomic mass is 35.5. The number of aromatic nitrogens is 2. The number of halogens is 1. The number of aromatic carboxylic acids is 1. The van der Waals surface area contributed by atoms with Gasteiger partial charge in [-0.1, -0.05) is 18.5 Å². The lowest BCUT2D eigenvalue weighted by molar-refractivity contribution is 0.0685. The first kappa shape index (κ1) is 12.6. The molecule has 6 heteroatoms. The number of carbonyl (C=O) groups excluding carboxylic acids is 1. The highest BCUT2D eigenvalue weighted by Crippen LogP contribution is 2.24. The summed E-state index contributed by atoms with van der Waals surface area (Å²) >= 11 is 6.01. The van der Waals surface area contributed by atoms with E-state index in [2.05, 4.69) is 9.97 Å². The molecule has 0 radical (unpaired) electrons. The lowest BCUT2D eigenvalue weighted by Gasteiger charge is -2.02. The van der Waals surface area contributed by atoms with Gasteiger partial charge in [0.05, 0.1) is 16.1 Å². The van der Waals surface area contributed by atoms with E-state index in [0.717, 1.165) is 6.42 Å². The van der Waals surface area contributed by atoms with Crippen LogP contribution in [0.25, 0.3) is 11.0 Å². The highest BCUT2D eigenvalue weighted by molar-refractivity contribution is 6.34. The quantitative estimate of drug-likeness (QED) is 0.834. The van der Waals surface area contributed by atoms with Gasteiger partial charge in [-0.15, -0.1) is 0 Å². The van der Waals surface area contributed by atoms with Crippen molar-refractivity contribution in [3.05, 3.63) is 28.5 Å². The molecule has 1 heterocycles. The maximum absolute atomic E-state index is 11.8. The van der Waals surface area contributed by atoms with E-state index >= 15 is 0 Å². The molecule has 0 aliphatic rings. The zero-order chi connectivity index (χ0) is 13.3. The van der Waals surface area contributed by atoms with Gasteiger partial charge < -0.3 is 10.1 Å². The summed E-state index contributed by atoms with van der Waals surface area (Å²) in [7, 11) is 0. The number of ketones is 1. The molecule has 5 nitrogen and oxygen atoms in total. The molecule has 2 aromatic rings. The van der Waals surface area contributed by atoms with Gasteiger partial charge in [0.15, 0.2) is 5.78 Å². The molecule has 0 amide bonds. The molecule has 0 spiro atoms. The number of carboxylic acid groups (broad SMARTS) is 1. The van der Waals surface area contributed by atoms with Gasteiger partial charge in [-0.05, 0) is 18.6 Å². The van der Waals surface area contributed by atoms with Crippen molar-refractivity contribution >= 4 is 34.4 Å². The molecule has 0 atom stereocenters. The first-order chi connectivity index (χ1) is 8.52. The van der Waals surface area contributed by atoms with Crippen molar-refractivity contribution in [3.8, 4) is 0 Å². The van der Waals surface area contributed by atoms with E-state index in [4.69, 9.17) is 16.7 Å². The Hall–Kier alpha value is -1.88. The van der Waals surface area contributed by atoms with Crippen molar-refractivity contribution < 1.29 is 14.7 Å². The average molecular weight is 267 g/mol. The van der Waals surface area contributed by atoms with E-state index in [1.54, 1.807) is 0 Å². The van der Waals surface area contributed by atoms with Gasteiger partial charge in [0.1, 0.15) is 0 Å². The van der Waals surface area contributed by atoms with Crippen LogP contribution < -0.4 is 0 Å². The van der Waals surface area contributed by atoms with Crippen LogP contribution in [-0.2, 0) is 0 Å². The first-order valence-electron chi connectivity index (χ1n) is 5.48. The molecular formula is C12H11ClN2O3. The molecule has 1 aromatic carbocycles. The van der Waals surface area contributed by atoms with Crippen molar-refractivity contribution in [2.45, 2.75) is 19.8 Å². The van der Waals surface area contributed by atoms with E-state index in [-0.39, 0.29) is 11.6 Å². The number of carbonyl (C=O) groups is 2. The zero-order valence-electron chi connectivity index (χ0n) is 9.66. The predicted molar refractivity (Wildman–Crippen MR) is 67.3 cm³/mol. The SMILES string of the molecule is CCCC(=O)c1cc2nc(C(=O)O)[nH]c2cc1Cl. The Morgan fingerprint density at radius 3 is 2.78 bits per heavy atom. The van der Waals surface area contributed by atoms with Crippen LogP contribution in [0, 0.1) is 0 Å². The molecule has 94 valence electrons. The minimum absolute atomic E-state index is 0.0655. The second-order valence-corrected chi connectivity index (χ2v) is 4.32. The topological polar surface area (TPSA) is 83.1 Å². The molecule has 0 bridgehead atoms. The summed E-state index contributed by atoms with van der Waals surface area (Å²) in [4.78, 5) is 29.1. The van der Waals surface area contributed by atoms with Crippen molar-refractivity contribution in [1.29, 1.82) is 0 Å². The monoisotopic (exact) mass is 266 g/mol. The van der Waals surface area contributed by atoms with E-state index < -0.39 is 5.97 Å². The number of Topliss-reactive ketones (excluding diaryl/α,β-unsaturated/α-hetero) is 1. The third kappa shape index (κ3) is 2.22. The number of rotatable bonds is 4. The fourth-order valence-electron chi connectivity index (χ4n) is 1.71. The molecule has 0 aliphatic heterocycles. The van der Waals surface area contributed by atoms with Crippen LogP contribution in [0.1, 0.15) is 40.7 Å². The summed E-state index contributed by atoms with van der Waals surface area (Å²) in [5, 5.41) is 9.13. The minimum Gasteiger partial charge on any atom is -0.475 e. The Morgan fingerprint density at radius 1 is 1.44 bits per heavy atom. The largest absolute Gasteiger partial charge is 0.475 e. The van der Waals surface area contributed by atoms with E-state index in [1.807, 2.05) is 6.92 Å². The van der Waals surface area contributed by atoms with E-state index in [0.29, 0.717) is 28.0 Å². The Balaban J connectivity index is 2.53. The van der Waals surface area contributed by atoms with Crippen LogP contribution in [0.15, 0.2) is 12.1 Å². The number of hydrogen-bond acceptors (Lipinski definition) is 3. The first-order valence-corrected chi connectivity index (χ1v) is 5.86. The maximum atomic E-state index is 11.8. The molecule has 18 heavy (non-hydrogen) atoms. The maximum Gasteiger partial charge on any atom is 0.371 e. The number of aromatic amines is 1. The van der Waals surface area contributed by atoms with E-state index in [9.17, 15) is 9.59 Å². The van der Waals surface area contributed by atoms with Crippen molar-refractivity contribution in [2.75, 3.05) is 0 Å². The number of fused-ring (bicyclic) bond motifs is 1. The second-order valence-electron chi connectivity index (χ2n) is 3.91. The van der Waals surface area contributed by atoms with Gasteiger partial charge in [0, 0.05) is 12.0 Å². The van der Waals surface area contributed by atoms with Crippen LogP contribution in [0.5, 0.6) is 0 Å². The summed E-state index contributed by atoms with van der Waals surface area (Å²) in [6.45, 7) is 1.90. The molecule has 2 N–H and O–H groups in total. The number of imidazole rings is 1. The molecule has 0 unspecified atom stereocenters. The third-order valence-electron chi connectivity index (χ3n) is 2.55. The third-order valence-corrected chi connectivity index (χ3v) is 2.86. The van der Waals surface area contributed by atoms with Crippen LogP contribution in [0.2, 0.25) is 5.02 Å². The zero-order valence-corrected chi connectivity index (χ0v) is 10.4. The summed E-state index contributed by atoms with van der Waals surface area (Å²) in [6, 6.07) is 3.05. The molecule has 1 aromatic heterocycles. The van der Waals surface area contributed by atoms with Crippen LogP contribution in [-0.4, -0.2) is 26.8 Å². The van der Waals surface area contributed by atoms with Gasteiger partial charge >= 0.3 is 5.97 Å². The van der Waals surface area contributed by atoms with Gasteiger partial charge in [0.25, 0.3) is 0 Å². The van der Waals surface area contributed by atoms with Gasteiger partial charge in [-0.25, -0.2) is 9.78 Å². The molecule has 0 saturated heterocycles. The number of nitrogens with one attached hydrogen (secondary N) is 1. The molecule has 0 aliphatic carbocycles. The molecule has 0 saturated carbocycles. The average Bonchev–Trinajstić information content (AvgIpc) is 2.71. The highest BCUT2D eigenvalue weighted by Gasteiger charge is 2.15. The fraction of sp³-hybridized carbons (Fsp3) is 0.250. The van der Waals surface area contributed by atoms with Crippen LogP contribution >= 0.6 is 11.6 Å². The van der Waals surface area contributed by atoms with Gasteiger partial charge in [-0.3, -0.25) is 4.79 Å². The fourth-order valence-corrected chi connectivity index (χ4v) is 1.98. The summed E-state index contributed by atoms with van der Waals surface area (Å²) in [5.74, 6) is -1.38. The number of carboxylic acids is 1. The lowest BCUT2D eigenvalue weighted by Crippen LogP contribution is -1.99. The molecule has 2 rings (SSSR count). The Labute approximate surface area is 108 Å². The smallest absolute Gasteiger partial charge is 0.371 e. The van der Waals surface area contributed by atoms with Crippen molar-refractivity contribution in [1.82, 2.24) is 9.97 Å². The minimum atomic E-state index is -1.15. The number of benzene rings is 1. The number of hydrogen-bond donors (Lipinski definition) is 2. The molecular weight excluding hydrogens is 256 g/mol. The number of nitrogens with zero attached hydrogens (tertiary/aromatic N) is 1. The number of H-pyrrole nitrogens is 1. The van der Waals surface area contributed by atoms with E-state index in [1.165, 1.54) is 12.1 Å². The summed E-state index contributed by atoms with van der Waals surface area (Å²) in [6.07, 6.45) is 1.13. The van der Waals surface area contributed by atoms with Crippen LogP contribution in [0.4, 0.5) is 0 Å². The molecule has 0 fully saturated rings. The Morgan fingerprint density at radius 2 is 2.17 bits per heavy atom. The van der Waals surface area contributed by atoms with Crippen LogP contribution in [0.3, 0.4) is 0 Å². The Bertz CT molecular complexity index is 634. The standard InChI is InChI=1S/C12H11ClN2O3/c1-2-3-10(16)6-4-8-9(5-7(6)13)15-11(14-8)12(17)18/h4-5H,2-3H2,1H3,(H,14,15)(H,17,18). The Kier molecular flexibility index (Phi) is 3.34. The summed E-state index contributed by atoms with van der Waals surface area (Å²) < 4.78 is 0. The van der Waals surface area contributed by atoms with Crippen molar-refractivity contribution in [3.63, 3.8) is 0 Å².